The van der Waals surface area contributed by atoms with E-state index in [2.05, 4.69) is 10.6 Å². The molecule has 0 bridgehead atoms. The van der Waals surface area contributed by atoms with Gasteiger partial charge < -0.3 is 15.4 Å². The van der Waals surface area contributed by atoms with E-state index in [1.165, 1.54) is 6.07 Å². The van der Waals surface area contributed by atoms with Crippen LogP contribution in [0, 0.1) is 0 Å². The number of ether oxygens (including phenoxy) is 1. The first-order valence-electron chi connectivity index (χ1n) is 7.87. The molecule has 24 heavy (non-hydrogen) atoms. The number of benzene rings is 2. The Morgan fingerprint density at radius 1 is 0.917 bits per heavy atom. The standard InChI is InChI=1S/C18H21F3N2O/c1-2-12-24-17-8-6-15(7-9-17)22-10-11-23-16-5-3-4-14(13-16)18(19,20)21/h3-9,13,22-23H,2,10-12H2,1H3. The molecule has 0 aliphatic heterocycles. The molecular weight excluding hydrogens is 317 g/mol. The number of halogens is 3. The molecule has 0 radical (unpaired) electrons. The minimum atomic E-state index is -4.32. The summed E-state index contributed by atoms with van der Waals surface area (Å²) in [5.74, 6) is 0.824. The van der Waals surface area contributed by atoms with E-state index in [9.17, 15) is 13.2 Å². The topological polar surface area (TPSA) is 33.3 Å². The smallest absolute Gasteiger partial charge is 0.416 e. The van der Waals surface area contributed by atoms with Crippen molar-refractivity contribution in [3.63, 3.8) is 0 Å². The van der Waals surface area contributed by atoms with Gasteiger partial charge in [-0.25, -0.2) is 0 Å². The lowest BCUT2D eigenvalue weighted by atomic mass is 10.2. The molecule has 0 heterocycles. The minimum Gasteiger partial charge on any atom is -0.494 e. The van der Waals surface area contributed by atoms with Crippen molar-refractivity contribution in [2.45, 2.75) is 19.5 Å². The highest BCUT2D eigenvalue weighted by Gasteiger charge is 2.30. The maximum absolute atomic E-state index is 12.6. The Hall–Kier alpha value is -2.37. The van der Waals surface area contributed by atoms with E-state index >= 15 is 0 Å². The van der Waals surface area contributed by atoms with Gasteiger partial charge >= 0.3 is 6.18 Å². The van der Waals surface area contributed by atoms with Crippen LogP contribution in [-0.2, 0) is 6.18 Å². The molecule has 2 aromatic carbocycles. The Kier molecular flexibility index (Phi) is 6.35. The molecule has 0 unspecified atom stereocenters. The summed E-state index contributed by atoms with van der Waals surface area (Å²) >= 11 is 0. The van der Waals surface area contributed by atoms with Gasteiger partial charge in [-0.15, -0.1) is 0 Å². The van der Waals surface area contributed by atoms with Crippen LogP contribution in [-0.4, -0.2) is 19.7 Å². The first-order valence-corrected chi connectivity index (χ1v) is 7.87. The number of anilines is 2. The lowest BCUT2D eigenvalue weighted by Gasteiger charge is -2.12. The van der Waals surface area contributed by atoms with Crippen molar-refractivity contribution in [3.8, 4) is 5.75 Å². The molecule has 0 saturated heterocycles. The first kappa shape index (κ1) is 18.0. The minimum absolute atomic E-state index is 0.454. The Morgan fingerprint density at radius 2 is 1.58 bits per heavy atom. The van der Waals surface area contributed by atoms with Crippen molar-refractivity contribution < 1.29 is 17.9 Å². The van der Waals surface area contributed by atoms with E-state index in [0.29, 0.717) is 25.4 Å². The average Bonchev–Trinajstić information content (AvgIpc) is 2.57. The monoisotopic (exact) mass is 338 g/mol. The van der Waals surface area contributed by atoms with Gasteiger partial charge in [-0.1, -0.05) is 13.0 Å². The summed E-state index contributed by atoms with van der Waals surface area (Å²) in [7, 11) is 0. The summed E-state index contributed by atoms with van der Waals surface area (Å²) in [6.07, 6.45) is -3.36. The Bertz CT molecular complexity index is 627. The van der Waals surface area contributed by atoms with E-state index in [-0.39, 0.29) is 0 Å². The van der Waals surface area contributed by atoms with Gasteiger partial charge in [0.2, 0.25) is 0 Å². The third-order valence-corrected chi connectivity index (χ3v) is 3.30. The van der Waals surface area contributed by atoms with Crippen LogP contribution in [0.4, 0.5) is 24.5 Å². The fraction of sp³-hybridized carbons (Fsp3) is 0.333. The fourth-order valence-electron chi connectivity index (χ4n) is 2.11. The van der Waals surface area contributed by atoms with Crippen molar-refractivity contribution in [2.75, 3.05) is 30.3 Å². The van der Waals surface area contributed by atoms with Gasteiger partial charge in [-0.2, -0.15) is 13.2 Å². The molecule has 0 spiro atoms. The van der Waals surface area contributed by atoms with Crippen molar-refractivity contribution in [1.82, 2.24) is 0 Å². The van der Waals surface area contributed by atoms with Gasteiger partial charge in [0.1, 0.15) is 5.75 Å². The highest BCUT2D eigenvalue weighted by molar-refractivity contribution is 5.48. The second kappa shape index (κ2) is 8.47. The summed E-state index contributed by atoms with van der Waals surface area (Å²) < 4.78 is 43.4. The molecule has 2 aromatic rings. The predicted octanol–water partition coefficient (Wildman–Crippen LogP) is 5.02. The maximum atomic E-state index is 12.6. The molecule has 6 heteroatoms. The summed E-state index contributed by atoms with van der Waals surface area (Å²) in [6, 6.07) is 12.8. The van der Waals surface area contributed by atoms with Gasteiger partial charge in [-0.3, -0.25) is 0 Å². The molecule has 0 aromatic heterocycles. The van der Waals surface area contributed by atoms with Gasteiger partial charge in [0, 0.05) is 24.5 Å². The predicted molar refractivity (Wildman–Crippen MR) is 90.7 cm³/mol. The zero-order chi connectivity index (χ0) is 17.4. The first-order chi connectivity index (χ1) is 11.5. The third-order valence-electron chi connectivity index (χ3n) is 3.30. The lowest BCUT2D eigenvalue weighted by molar-refractivity contribution is -0.137. The molecule has 0 aliphatic carbocycles. The van der Waals surface area contributed by atoms with E-state index < -0.39 is 11.7 Å². The summed E-state index contributed by atoms with van der Waals surface area (Å²) in [6.45, 7) is 3.84. The second-order valence-corrected chi connectivity index (χ2v) is 5.30. The van der Waals surface area contributed by atoms with Crippen molar-refractivity contribution >= 4 is 11.4 Å². The molecule has 3 nitrogen and oxygen atoms in total. The molecule has 0 fully saturated rings. The van der Waals surface area contributed by atoms with Gasteiger partial charge in [0.15, 0.2) is 0 Å². The van der Waals surface area contributed by atoms with Crippen LogP contribution in [0.3, 0.4) is 0 Å². The van der Waals surface area contributed by atoms with Gasteiger partial charge in [0.25, 0.3) is 0 Å². The summed E-state index contributed by atoms with van der Waals surface area (Å²) in [5, 5.41) is 6.18. The van der Waals surface area contributed by atoms with Crippen molar-refractivity contribution in [2.24, 2.45) is 0 Å². The molecule has 0 saturated carbocycles. The number of rotatable bonds is 8. The van der Waals surface area contributed by atoms with E-state index in [4.69, 9.17) is 4.74 Å². The van der Waals surface area contributed by atoms with E-state index in [1.807, 2.05) is 31.2 Å². The average molecular weight is 338 g/mol. The van der Waals surface area contributed by atoms with Crippen LogP contribution in [0.15, 0.2) is 48.5 Å². The second-order valence-electron chi connectivity index (χ2n) is 5.30. The maximum Gasteiger partial charge on any atom is 0.416 e. The summed E-state index contributed by atoms with van der Waals surface area (Å²) in [5.41, 5.74) is 0.739. The molecule has 0 atom stereocenters. The van der Waals surface area contributed by atoms with Gasteiger partial charge in [0.05, 0.1) is 12.2 Å². The Morgan fingerprint density at radius 3 is 2.21 bits per heavy atom. The fourth-order valence-corrected chi connectivity index (χ4v) is 2.11. The molecule has 0 amide bonds. The number of nitrogens with one attached hydrogen (secondary N) is 2. The molecule has 130 valence electrons. The molecule has 0 aliphatic rings. The molecule has 2 rings (SSSR count). The van der Waals surface area contributed by atoms with Crippen LogP contribution in [0.25, 0.3) is 0 Å². The van der Waals surface area contributed by atoms with Crippen LogP contribution in [0.5, 0.6) is 5.75 Å². The lowest BCUT2D eigenvalue weighted by Crippen LogP contribution is -2.14. The zero-order valence-electron chi connectivity index (χ0n) is 13.5. The summed E-state index contributed by atoms with van der Waals surface area (Å²) in [4.78, 5) is 0. The van der Waals surface area contributed by atoms with E-state index in [1.54, 1.807) is 6.07 Å². The molecule has 2 N–H and O–H groups in total. The van der Waals surface area contributed by atoms with Crippen LogP contribution < -0.4 is 15.4 Å². The Labute approximate surface area is 139 Å². The zero-order valence-corrected chi connectivity index (χ0v) is 13.5. The largest absolute Gasteiger partial charge is 0.494 e. The quantitative estimate of drug-likeness (QED) is 0.663. The van der Waals surface area contributed by atoms with Crippen molar-refractivity contribution in [3.05, 3.63) is 54.1 Å². The SMILES string of the molecule is CCCOc1ccc(NCCNc2cccc(C(F)(F)F)c2)cc1. The van der Waals surface area contributed by atoms with Crippen LogP contribution >= 0.6 is 0 Å². The van der Waals surface area contributed by atoms with Crippen molar-refractivity contribution in [1.29, 1.82) is 0 Å². The van der Waals surface area contributed by atoms with Gasteiger partial charge in [-0.05, 0) is 48.9 Å². The number of alkyl halides is 3. The highest BCUT2D eigenvalue weighted by Crippen LogP contribution is 2.30. The highest BCUT2D eigenvalue weighted by atomic mass is 19.4. The normalized spacial score (nSPS) is 11.2. The number of hydrogen-bond donors (Lipinski definition) is 2. The third kappa shape index (κ3) is 5.68. The number of hydrogen-bond acceptors (Lipinski definition) is 3. The van der Waals surface area contributed by atoms with Crippen LogP contribution in [0.2, 0.25) is 0 Å². The molecular formula is C18H21F3N2O. The van der Waals surface area contributed by atoms with E-state index in [0.717, 1.165) is 30.0 Å². The Balaban J connectivity index is 1.77. The van der Waals surface area contributed by atoms with Crippen LogP contribution in [0.1, 0.15) is 18.9 Å².